The van der Waals surface area contributed by atoms with E-state index in [0.717, 1.165) is 18.6 Å². The molecule has 5 nitrogen and oxygen atoms in total. The predicted molar refractivity (Wildman–Crippen MR) is 88.5 cm³/mol. The van der Waals surface area contributed by atoms with Gasteiger partial charge in [0.1, 0.15) is 5.82 Å². The lowest BCUT2D eigenvalue weighted by atomic mass is 10.2. The Labute approximate surface area is 143 Å². The van der Waals surface area contributed by atoms with Gasteiger partial charge in [0.05, 0.1) is 11.4 Å². The van der Waals surface area contributed by atoms with Crippen molar-refractivity contribution in [2.45, 2.75) is 12.8 Å². The second-order valence-electron chi connectivity index (χ2n) is 5.58. The highest BCUT2D eigenvalue weighted by Gasteiger charge is 2.24. The third kappa shape index (κ3) is 3.93. The molecule has 0 unspecified atom stereocenters. The molecule has 0 bridgehead atoms. The number of anilines is 2. The van der Waals surface area contributed by atoms with Gasteiger partial charge >= 0.3 is 0 Å². The van der Waals surface area contributed by atoms with Crippen molar-refractivity contribution < 1.29 is 23.1 Å². The normalized spacial score (nSPS) is 13.8. The van der Waals surface area contributed by atoms with Crippen LogP contribution in [0.25, 0.3) is 0 Å². The molecule has 1 aliphatic heterocycles. The average Bonchev–Trinajstić information content (AvgIpc) is 3.00. The molecule has 0 atom stereocenters. The lowest BCUT2D eigenvalue weighted by Crippen LogP contribution is -2.27. The Balaban J connectivity index is 1.66. The van der Waals surface area contributed by atoms with E-state index >= 15 is 0 Å². The first-order chi connectivity index (χ1) is 12.0. The highest BCUT2D eigenvalue weighted by Crippen LogP contribution is 2.29. The van der Waals surface area contributed by atoms with Gasteiger partial charge in [0.15, 0.2) is 18.2 Å². The Morgan fingerprint density at radius 2 is 2.00 bits per heavy atom. The summed E-state index contributed by atoms with van der Waals surface area (Å²) in [6, 6.07) is 9.79. The minimum absolute atomic E-state index is 0.00586. The van der Waals surface area contributed by atoms with Gasteiger partial charge in [-0.15, -0.1) is 0 Å². The van der Waals surface area contributed by atoms with Crippen LogP contribution in [0.5, 0.6) is 5.75 Å². The number of rotatable bonds is 5. The van der Waals surface area contributed by atoms with Crippen molar-refractivity contribution in [2.75, 3.05) is 23.4 Å². The summed E-state index contributed by atoms with van der Waals surface area (Å²) in [6.45, 7) is 0.161. The maximum absolute atomic E-state index is 13.5. The van der Waals surface area contributed by atoms with E-state index in [0.29, 0.717) is 30.4 Å². The fraction of sp³-hybridized carbons (Fsp3) is 0.222. The Hall–Kier alpha value is -2.96. The van der Waals surface area contributed by atoms with Crippen LogP contribution in [-0.4, -0.2) is 25.0 Å². The summed E-state index contributed by atoms with van der Waals surface area (Å²) in [5, 5.41) is 2.65. The topological polar surface area (TPSA) is 58.6 Å². The van der Waals surface area contributed by atoms with Crippen molar-refractivity contribution in [3.8, 4) is 5.75 Å². The third-order valence-electron chi connectivity index (χ3n) is 3.80. The van der Waals surface area contributed by atoms with Gasteiger partial charge in [0.25, 0.3) is 5.91 Å². The van der Waals surface area contributed by atoms with Gasteiger partial charge in [0.2, 0.25) is 5.91 Å². The van der Waals surface area contributed by atoms with Crippen LogP contribution in [0.1, 0.15) is 12.8 Å². The van der Waals surface area contributed by atoms with Crippen molar-refractivity contribution in [1.82, 2.24) is 0 Å². The number of nitrogens with zero attached hydrogens (tertiary/aromatic N) is 1. The molecule has 0 saturated carbocycles. The van der Waals surface area contributed by atoms with Crippen molar-refractivity contribution in [2.24, 2.45) is 0 Å². The van der Waals surface area contributed by atoms with E-state index in [-0.39, 0.29) is 11.7 Å². The molecule has 1 heterocycles. The number of hydrogen-bond donors (Lipinski definition) is 1. The molecule has 2 amide bonds. The number of halogens is 2. The van der Waals surface area contributed by atoms with Crippen LogP contribution in [0.3, 0.4) is 0 Å². The molecule has 1 aliphatic rings. The molecule has 25 heavy (non-hydrogen) atoms. The molecule has 1 N–H and O–H groups in total. The highest BCUT2D eigenvalue weighted by atomic mass is 19.1. The molecular weight excluding hydrogens is 330 g/mol. The fourth-order valence-electron chi connectivity index (χ4n) is 2.64. The number of nitrogens with one attached hydrogen (secondary N) is 1. The SMILES string of the molecule is O=C(COc1ccc(F)cc1F)Nc1ccccc1N1CCCC1=O. The van der Waals surface area contributed by atoms with Crippen LogP contribution in [0.2, 0.25) is 0 Å². The molecular formula is C18H16F2N2O3. The molecule has 2 aromatic rings. The summed E-state index contributed by atoms with van der Waals surface area (Å²) in [4.78, 5) is 25.6. The van der Waals surface area contributed by atoms with Gasteiger partial charge in [-0.25, -0.2) is 8.78 Å². The van der Waals surface area contributed by atoms with Gasteiger partial charge in [-0.05, 0) is 30.7 Å². The van der Waals surface area contributed by atoms with Gasteiger partial charge in [0, 0.05) is 19.0 Å². The number of hydrogen-bond acceptors (Lipinski definition) is 3. The van der Waals surface area contributed by atoms with Crippen LogP contribution in [-0.2, 0) is 9.59 Å². The summed E-state index contributed by atoms with van der Waals surface area (Å²) >= 11 is 0. The molecule has 0 aromatic heterocycles. The van der Waals surface area contributed by atoms with Crippen molar-refractivity contribution in [3.63, 3.8) is 0 Å². The van der Waals surface area contributed by atoms with Crippen molar-refractivity contribution in [1.29, 1.82) is 0 Å². The van der Waals surface area contributed by atoms with Gasteiger partial charge in [-0.2, -0.15) is 0 Å². The zero-order valence-corrected chi connectivity index (χ0v) is 13.3. The number of carbonyl (C=O) groups is 2. The molecule has 0 aliphatic carbocycles. The molecule has 1 saturated heterocycles. The second kappa shape index (κ2) is 7.29. The molecule has 3 rings (SSSR count). The van der Waals surface area contributed by atoms with Gasteiger partial charge in [-0.3, -0.25) is 9.59 Å². The first-order valence-electron chi connectivity index (χ1n) is 7.81. The van der Waals surface area contributed by atoms with Crippen LogP contribution in [0.15, 0.2) is 42.5 Å². The number of ether oxygens (including phenoxy) is 1. The average molecular weight is 346 g/mol. The quantitative estimate of drug-likeness (QED) is 0.905. The third-order valence-corrected chi connectivity index (χ3v) is 3.80. The number of amides is 2. The minimum Gasteiger partial charge on any atom is -0.481 e. The van der Waals surface area contributed by atoms with Crippen molar-refractivity contribution >= 4 is 23.2 Å². The van der Waals surface area contributed by atoms with E-state index in [2.05, 4.69) is 5.32 Å². The van der Waals surface area contributed by atoms with E-state index < -0.39 is 24.1 Å². The summed E-state index contributed by atoms with van der Waals surface area (Å²) in [5.41, 5.74) is 1.09. The summed E-state index contributed by atoms with van der Waals surface area (Å²) in [6.07, 6.45) is 1.25. The van der Waals surface area contributed by atoms with E-state index in [1.165, 1.54) is 0 Å². The van der Waals surface area contributed by atoms with E-state index in [9.17, 15) is 18.4 Å². The molecule has 1 fully saturated rings. The maximum Gasteiger partial charge on any atom is 0.262 e. The standard InChI is InChI=1S/C18H16F2N2O3/c19-12-7-8-16(13(20)10-12)25-11-17(23)21-14-4-1-2-5-15(14)22-9-3-6-18(22)24/h1-2,4-5,7-8,10H,3,6,9,11H2,(H,21,23). The predicted octanol–water partition coefficient (Wildman–Crippen LogP) is 3.11. The van der Waals surface area contributed by atoms with Crippen LogP contribution < -0.4 is 15.0 Å². The Morgan fingerprint density at radius 1 is 1.20 bits per heavy atom. The maximum atomic E-state index is 13.5. The summed E-state index contributed by atoms with van der Waals surface area (Å²) < 4.78 is 31.4. The smallest absolute Gasteiger partial charge is 0.262 e. The van der Waals surface area contributed by atoms with E-state index in [4.69, 9.17) is 4.74 Å². The van der Waals surface area contributed by atoms with Crippen LogP contribution >= 0.6 is 0 Å². The number of para-hydroxylation sites is 2. The largest absolute Gasteiger partial charge is 0.481 e. The second-order valence-corrected chi connectivity index (χ2v) is 5.58. The monoisotopic (exact) mass is 346 g/mol. The van der Waals surface area contributed by atoms with Crippen LogP contribution in [0.4, 0.5) is 20.2 Å². The summed E-state index contributed by atoms with van der Waals surface area (Å²) in [5.74, 6) is -2.32. The van der Waals surface area contributed by atoms with E-state index in [1.807, 2.05) is 0 Å². The first-order valence-corrected chi connectivity index (χ1v) is 7.81. The Bertz CT molecular complexity index is 811. The molecule has 0 spiro atoms. The van der Waals surface area contributed by atoms with Gasteiger partial charge in [-0.1, -0.05) is 12.1 Å². The molecule has 0 radical (unpaired) electrons. The summed E-state index contributed by atoms with van der Waals surface area (Å²) in [7, 11) is 0. The molecule has 130 valence electrons. The van der Waals surface area contributed by atoms with Crippen LogP contribution in [0, 0.1) is 11.6 Å². The fourth-order valence-corrected chi connectivity index (χ4v) is 2.64. The number of carbonyl (C=O) groups excluding carboxylic acids is 2. The van der Waals surface area contributed by atoms with E-state index in [1.54, 1.807) is 29.2 Å². The van der Waals surface area contributed by atoms with Crippen molar-refractivity contribution in [3.05, 3.63) is 54.1 Å². The first kappa shape index (κ1) is 16.9. The highest BCUT2D eigenvalue weighted by molar-refractivity contribution is 6.02. The molecule has 2 aromatic carbocycles. The Morgan fingerprint density at radius 3 is 2.72 bits per heavy atom. The molecule has 7 heteroatoms. The number of benzene rings is 2. The lowest BCUT2D eigenvalue weighted by Gasteiger charge is -2.20. The zero-order chi connectivity index (χ0) is 17.8. The minimum atomic E-state index is -0.879. The van der Waals surface area contributed by atoms with Gasteiger partial charge < -0.3 is 15.0 Å². The zero-order valence-electron chi connectivity index (χ0n) is 13.3. The lowest BCUT2D eigenvalue weighted by molar-refractivity contribution is -0.118. The Kier molecular flexibility index (Phi) is 4.92.